The number of ether oxygens (including phenoxy) is 2. The molecule has 0 aromatic heterocycles. The van der Waals surface area contributed by atoms with Gasteiger partial charge in [0.05, 0.1) is 13.2 Å². The van der Waals surface area contributed by atoms with Crippen molar-refractivity contribution in [2.45, 2.75) is 31.7 Å². The molecule has 0 bridgehead atoms. The van der Waals surface area contributed by atoms with Gasteiger partial charge in [0.15, 0.2) is 5.79 Å². The lowest BCUT2D eigenvalue weighted by Gasteiger charge is -2.33. The third-order valence-corrected chi connectivity index (χ3v) is 3.57. The average molecular weight is 225 g/mol. The molecule has 0 radical (unpaired) electrons. The molecule has 0 amide bonds. The maximum Gasteiger partial charge on any atom is 0.195 e. The molecule has 80 valence electrons. The molecule has 1 aromatic carbocycles. The van der Waals surface area contributed by atoms with Crippen LogP contribution in [0.1, 0.15) is 30.4 Å². The first-order valence-corrected chi connectivity index (χ1v) is 5.75. The zero-order valence-corrected chi connectivity index (χ0v) is 9.22. The monoisotopic (exact) mass is 224 g/mol. The van der Waals surface area contributed by atoms with Crippen molar-refractivity contribution in [2.75, 3.05) is 6.61 Å². The first-order chi connectivity index (χ1) is 7.32. The summed E-state index contributed by atoms with van der Waals surface area (Å²) >= 11 is 6.14. The Hall–Kier alpha value is -0.570. The zero-order valence-electron chi connectivity index (χ0n) is 8.46. The minimum atomic E-state index is -0.488. The van der Waals surface area contributed by atoms with Gasteiger partial charge >= 0.3 is 0 Å². The largest absolute Gasteiger partial charge is 0.346 e. The van der Waals surface area contributed by atoms with Crippen LogP contribution in [-0.4, -0.2) is 6.61 Å². The lowest BCUT2D eigenvalue weighted by atomic mass is 9.96. The fourth-order valence-electron chi connectivity index (χ4n) is 2.42. The second kappa shape index (κ2) is 3.48. The van der Waals surface area contributed by atoms with E-state index in [1.54, 1.807) is 0 Å². The van der Waals surface area contributed by atoms with Gasteiger partial charge in [-0.15, -0.1) is 0 Å². The lowest BCUT2D eigenvalue weighted by molar-refractivity contribution is -0.257. The molecule has 2 nitrogen and oxygen atoms in total. The van der Waals surface area contributed by atoms with Crippen LogP contribution in [0.25, 0.3) is 0 Å². The van der Waals surface area contributed by atoms with Crippen molar-refractivity contribution >= 4 is 11.6 Å². The third-order valence-electron chi connectivity index (χ3n) is 3.21. The SMILES string of the molecule is Clc1cccc2c1COC21CCCCO1. The van der Waals surface area contributed by atoms with E-state index in [0.717, 1.165) is 42.0 Å². The number of rotatable bonds is 0. The lowest BCUT2D eigenvalue weighted by Crippen LogP contribution is -2.32. The normalized spacial score (nSPS) is 29.4. The van der Waals surface area contributed by atoms with E-state index in [1.165, 1.54) is 0 Å². The minimum Gasteiger partial charge on any atom is -0.346 e. The van der Waals surface area contributed by atoms with Gasteiger partial charge in [0.25, 0.3) is 0 Å². The molecule has 3 rings (SSSR count). The Morgan fingerprint density at radius 2 is 2.13 bits per heavy atom. The van der Waals surface area contributed by atoms with E-state index in [4.69, 9.17) is 21.1 Å². The van der Waals surface area contributed by atoms with E-state index in [1.807, 2.05) is 12.1 Å². The van der Waals surface area contributed by atoms with E-state index in [0.29, 0.717) is 6.61 Å². The summed E-state index contributed by atoms with van der Waals surface area (Å²) in [5.74, 6) is -0.488. The molecule has 15 heavy (non-hydrogen) atoms. The first kappa shape index (κ1) is 9.64. The van der Waals surface area contributed by atoms with Crippen LogP contribution in [0.4, 0.5) is 0 Å². The average Bonchev–Trinajstić information content (AvgIpc) is 2.61. The van der Waals surface area contributed by atoms with Gasteiger partial charge in [-0.3, -0.25) is 0 Å². The fraction of sp³-hybridized carbons (Fsp3) is 0.500. The highest BCUT2D eigenvalue weighted by molar-refractivity contribution is 6.31. The summed E-state index contributed by atoms with van der Waals surface area (Å²) in [4.78, 5) is 0. The highest BCUT2D eigenvalue weighted by Gasteiger charge is 2.43. The van der Waals surface area contributed by atoms with Crippen molar-refractivity contribution in [3.05, 3.63) is 34.3 Å². The number of benzene rings is 1. The molecule has 1 aromatic rings. The van der Waals surface area contributed by atoms with Crippen molar-refractivity contribution < 1.29 is 9.47 Å². The third kappa shape index (κ3) is 1.40. The van der Waals surface area contributed by atoms with Crippen molar-refractivity contribution in [3.8, 4) is 0 Å². The van der Waals surface area contributed by atoms with Crippen LogP contribution in [0.2, 0.25) is 5.02 Å². The van der Waals surface area contributed by atoms with E-state index >= 15 is 0 Å². The Labute approximate surface area is 94.1 Å². The van der Waals surface area contributed by atoms with Gasteiger partial charge in [-0.1, -0.05) is 23.7 Å². The van der Waals surface area contributed by atoms with Crippen LogP contribution in [0.3, 0.4) is 0 Å². The predicted octanol–water partition coefficient (Wildman–Crippen LogP) is 3.22. The van der Waals surface area contributed by atoms with Crippen molar-refractivity contribution in [2.24, 2.45) is 0 Å². The van der Waals surface area contributed by atoms with Crippen LogP contribution in [-0.2, 0) is 21.9 Å². The van der Waals surface area contributed by atoms with E-state index in [2.05, 4.69) is 6.07 Å². The Morgan fingerprint density at radius 1 is 1.20 bits per heavy atom. The van der Waals surface area contributed by atoms with Gasteiger partial charge in [0.2, 0.25) is 0 Å². The molecule has 2 aliphatic heterocycles. The van der Waals surface area contributed by atoms with Crippen LogP contribution in [0.15, 0.2) is 18.2 Å². The number of halogens is 1. The summed E-state index contributed by atoms with van der Waals surface area (Å²) in [5.41, 5.74) is 2.23. The molecule has 3 heteroatoms. The van der Waals surface area contributed by atoms with Crippen LogP contribution in [0.5, 0.6) is 0 Å². The minimum absolute atomic E-state index is 0.488. The Bertz CT molecular complexity index is 383. The molecule has 0 aliphatic carbocycles. The zero-order chi connectivity index (χ0) is 10.3. The van der Waals surface area contributed by atoms with Crippen LogP contribution in [0, 0.1) is 0 Å². The summed E-state index contributed by atoms with van der Waals surface area (Å²) in [6, 6.07) is 5.95. The Kier molecular flexibility index (Phi) is 2.23. The van der Waals surface area contributed by atoms with Gasteiger partial charge < -0.3 is 9.47 Å². The first-order valence-electron chi connectivity index (χ1n) is 5.38. The summed E-state index contributed by atoms with van der Waals surface area (Å²) in [6.45, 7) is 1.36. The van der Waals surface area contributed by atoms with Gasteiger partial charge in [-0.25, -0.2) is 0 Å². The van der Waals surface area contributed by atoms with Gasteiger partial charge in [0, 0.05) is 22.6 Å². The van der Waals surface area contributed by atoms with E-state index in [9.17, 15) is 0 Å². The molecule has 1 fully saturated rings. The second-order valence-corrected chi connectivity index (χ2v) is 4.52. The van der Waals surface area contributed by atoms with Gasteiger partial charge in [-0.05, 0) is 18.9 Å². The van der Waals surface area contributed by atoms with E-state index < -0.39 is 5.79 Å². The second-order valence-electron chi connectivity index (χ2n) is 4.11. The molecular weight excluding hydrogens is 212 g/mol. The molecule has 2 aliphatic rings. The smallest absolute Gasteiger partial charge is 0.195 e. The number of hydrogen-bond acceptors (Lipinski definition) is 2. The van der Waals surface area contributed by atoms with Crippen LogP contribution < -0.4 is 0 Å². The number of hydrogen-bond donors (Lipinski definition) is 0. The molecule has 1 saturated heterocycles. The summed E-state index contributed by atoms with van der Waals surface area (Å²) in [5, 5.41) is 0.790. The predicted molar refractivity (Wildman–Crippen MR) is 57.7 cm³/mol. The fourth-order valence-corrected chi connectivity index (χ4v) is 2.65. The maximum atomic E-state index is 6.14. The standard InChI is InChI=1S/C12H13ClO2/c13-11-5-3-4-10-9(11)8-15-12(10)6-1-2-7-14-12/h3-5H,1-2,6-8H2. The van der Waals surface area contributed by atoms with Crippen LogP contribution >= 0.6 is 11.6 Å². The summed E-state index contributed by atoms with van der Waals surface area (Å²) < 4.78 is 11.7. The topological polar surface area (TPSA) is 18.5 Å². The molecule has 1 unspecified atom stereocenters. The summed E-state index contributed by atoms with van der Waals surface area (Å²) in [7, 11) is 0. The Morgan fingerprint density at radius 3 is 2.93 bits per heavy atom. The molecule has 1 spiro atoms. The Balaban J connectivity index is 2.06. The van der Waals surface area contributed by atoms with Gasteiger partial charge in [-0.2, -0.15) is 0 Å². The van der Waals surface area contributed by atoms with Crippen molar-refractivity contribution in [3.63, 3.8) is 0 Å². The molecule has 2 heterocycles. The molecule has 0 N–H and O–H groups in total. The van der Waals surface area contributed by atoms with E-state index in [-0.39, 0.29) is 0 Å². The number of fused-ring (bicyclic) bond motifs is 2. The van der Waals surface area contributed by atoms with Crippen molar-refractivity contribution in [1.29, 1.82) is 0 Å². The molecule has 1 atom stereocenters. The maximum absolute atomic E-state index is 6.14. The highest BCUT2D eigenvalue weighted by atomic mass is 35.5. The van der Waals surface area contributed by atoms with Crippen molar-refractivity contribution in [1.82, 2.24) is 0 Å². The molecular formula is C12H13ClO2. The highest BCUT2D eigenvalue weighted by Crippen LogP contribution is 2.45. The molecule has 0 saturated carbocycles. The van der Waals surface area contributed by atoms with Gasteiger partial charge in [0.1, 0.15) is 0 Å². The quantitative estimate of drug-likeness (QED) is 0.674. The summed E-state index contributed by atoms with van der Waals surface area (Å²) in [6.07, 6.45) is 3.23.